The monoisotopic (exact) mass is 436 g/mol. The van der Waals surface area contributed by atoms with Gasteiger partial charge in [-0.15, -0.1) is 11.3 Å². The Morgan fingerprint density at radius 2 is 2.03 bits per heavy atom. The lowest BCUT2D eigenvalue weighted by Crippen LogP contribution is -2.32. The van der Waals surface area contributed by atoms with Crippen molar-refractivity contribution >= 4 is 34.0 Å². The molecule has 3 heterocycles. The maximum Gasteiger partial charge on any atom is 0.173 e. The van der Waals surface area contributed by atoms with Gasteiger partial charge in [0.25, 0.3) is 0 Å². The Labute approximate surface area is 174 Å². The van der Waals surface area contributed by atoms with Crippen molar-refractivity contribution in [2.45, 2.75) is 25.1 Å². The SMILES string of the molecule is COC(C1=NN(c2ccn(Cc3c(F)cccc3F)n2)C(N)S1)c1nc(C)cs1. The van der Waals surface area contributed by atoms with E-state index in [4.69, 9.17) is 10.5 Å². The van der Waals surface area contributed by atoms with Gasteiger partial charge in [-0.2, -0.15) is 10.2 Å². The van der Waals surface area contributed by atoms with E-state index in [2.05, 4.69) is 15.2 Å². The molecule has 7 nitrogen and oxygen atoms in total. The summed E-state index contributed by atoms with van der Waals surface area (Å²) in [7, 11) is 1.59. The molecule has 29 heavy (non-hydrogen) atoms. The largest absolute Gasteiger partial charge is 0.367 e. The first-order valence-electron chi connectivity index (χ1n) is 8.67. The number of thioether (sulfide) groups is 1. The van der Waals surface area contributed by atoms with Crippen LogP contribution in [0.15, 0.2) is 40.9 Å². The summed E-state index contributed by atoms with van der Waals surface area (Å²) in [6, 6.07) is 5.46. The number of thiazole rings is 1. The van der Waals surface area contributed by atoms with Gasteiger partial charge in [-0.05, 0) is 19.1 Å². The highest BCUT2D eigenvalue weighted by Gasteiger charge is 2.33. The first kappa shape index (κ1) is 20.0. The molecule has 2 N–H and O–H groups in total. The van der Waals surface area contributed by atoms with E-state index in [0.29, 0.717) is 10.9 Å². The number of aryl methyl sites for hydroxylation is 1. The Balaban J connectivity index is 1.56. The minimum atomic E-state index is -0.613. The lowest BCUT2D eigenvalue weighted by molar-refractivity contribution is 0.160. The second kappa shape index (κ2) is 8.19. The maximum atomic E-state index is 13.9. The molecule has 2 unspecified atom stereocenters. The third kappa shape index (κ3) is 4.04. The number of ether oxygens (including phenoxy) is 1. The minimum absolute atomic E-state index is 0.0373. The number of hydrazone groups is 1. The first-order chi connectivity index (χ1) is 14.0. The number of methoxy groups -OCH3 is 1. The van der Waals surface area contributed by atoms with Crippen molar-refractivity contribution in [1.29, 1.82) is 0 Å². The zero-order chi connectivity index (χ0) is 20.5. The summed E-state index contributed by atoms with van der Waals surface area (Å²) in [5.41, 5.74) is 6.58. The Morgan fingerprint density at radius 3 is 2.69 bits per heavy atom. The fourth-order valence-corrected chi connectivity index (χ4v) is 4.78. The number of benzene rings is 1. The summed E-state index contributed by atoms with van der Waals surface area (Å²) in [6.45, 7) is 1.88. The van der Waals surface area contributed by atoms with Crippen LogP contribution in [0.3, 0.4) is 0 Å². The van der Waals surface area contributed by atoms with Gasteiger partial charge in [-0.3, -0.25) is 4.68 Å². The topological polar surface area (TPSA) is 81.6 Å². The van der Waals surface area contributed by atoms with Crippen LogP contribution in [0, 0.1) is 18.6 Å². The third-order valence-corrected chi connectivity index (χ3v) is 6.24. The molecule has 1 aromatic carbocycles. The molecule has 0 radical (unpaired) electrons. The van der Waals surface area contributed by atoms with Crippen molar-refractivity contribution in [1.82, 2.24) is 14.8 Å². The summed E-state index contributed by atoms with van der Waals surface area (Å²) in [4.78, 5) is 4.47. The van der Waals surface area contributed by atoms with Crippen LogP contribution in [0.2, 0.25) is 0 Å². The van der Waals surface area contributed by atoms with Gasteiger partial charge in [0.1, 0.15) is 21.7 Å². The lowest BCUT2D eigenvalue weighted by Gasteiger charge is -2.15. The summed E-state index contributed by atoms with van der Waals surface area (Å²) >= 11 is 2.84. The average molecular weight is 437 g/mol. The van der Waals surface area contributed by atoms with Crippen LogP contribution in [0.25, 0.3) is 0 Å². The molecule has 0 saturated heterocycles. The van der Waals surface area contributed by atoms with Crippen LogP contribution in [-0.4, -0.2) is 32.4 Å². The van der Waals surface area contributed by atoms with E-state index >= 15 is 0 Å². The van der Waals surface area contributed by atoms with Gasteiger partial charge in [-0.1, -0.05) is 17.8 Å². The second-order valence-corrected chi connectivity index (χ2v) is 8.33. The van der Waals surface area contributed by atoms with Crippen molar-refractivity contribution < 1.29 is 13.5 Å². The Kier molecular flexibility index (Phi) is 5.63. The van der Waals surface area contributed by atoms with Crippen LogP contribution in [0.5, 0.6) is 0 Å². The minimum Gasteiger partial charge on any atom is -0.367 e. The zero-order valence-electron chi connectivity index (χ0n) is 15.6. The molecule has 4 rings (SSSR count). The van der Waals surface area contributed by atoms with E-state index < -0.39 is 23.2 Å². The molecule has 3 aromatic rings. The second-order valence-electron chi connectivity index (χ2n) is 6.31. The van der Waals surface area contributed by atoms with Crippen molar-refractivity contribution in [3.8, 4) is 0 Å². The summed E-state index contributed by atoms with van der Waals surface area (Å²) in [5, 5.41) is 13.9. The molecule has 1 aliphatic rings. The van der Waals surface area contributed by atoms with Gasteiger partial charge in [0.05, 0.1) is 6.54 Å². The molecule has 1 aliphatic heterocycles. The van der Waals surface area contributed by atoms with E-state index in [1.807, 2.05) is 12.3 Å². The fourth-order valence-electron chi connectivity index (χ4n) is 2.86. The number of aromatic nitrogens is 3. The van der Waals surface area contributed by atoms with Crippen molar-refractivity contribution in [3.05, 3.63) is 63.7 Å². The molecule has 11 heteroatoms. The standard InChI is InChI=1S/C18H18F2N6OS2/c1-10-9-28-16(22-10)15(27-2)17-24-26(18(21)29-17)14-6-7-25(23-14)8-11-12(19)4-3-5-13(11)20/h3-7,9,15,18H,8,21H2,1-2H3. The quantitative estimate of drug-likeness (QED) is 0.637. The van der Waals surface area contributed by atoms with E-state index in [0.717, 1.165) is 10.7 Å². The lowest BCUT2D eigenvalue weighted by atomic mass is 10.2. The third-order valence-electron chi connectivity index (χ3n) is 4.25. The van der Waals surface area contributed by atoms with Gasteiger partial charge in [-0.25, -0.2) is 18.8 Å². The highest BCUT2D eigenvalue weighted by atomic mass is 32.2. The number of nitrogens with two attached hydrogens (primary N) is 1. The van der Waals surface area contributed by atoms with Crippen LogP contribution < -0.4 is 10.7 Å². The van der Waals surface area contributed by atoms with Crippen LogP contribution in [-0.2, 0) is 11.3 Å². The molecule has 0 fully saturated rings. The Bertz CT molecular complexity index is 1030. The van der Waals surface area contributed by atoms with Crippen molar-refractivity contribution in [2.24, 2.45) is 10.8 Å². The van der Waals surface area contributed by atoms with E-state index in [-0.39, 0.29) is 12.1 Å². The van der Waals surface area contributed by atoms with E-state index in [9.17, 15) is 8.78 Å². The Morgan fingerprint density at radius 1 is 1.28 bits per heavy atom. The molecule has 2 aromatic heterocycles. The van der Waals surface area contributed by atoms with Gasteiger partial charge < -0.3 is 10.5 Å². The van der Waals surface area contributed by atoms with E-state index in [1.165, 1.54) is 46.0 Å². The zero-order valence-corrected chi connectivity index (χ0v) is 17.3. The van der Waals surface area contributed by atoms with Crippen molar-refractivity contribution in [2.75, 3.05) is 12.1 Å². The van der Waals surface area contributed by atoms with Crippen molar-refractivity contribution in [3.63, 3.8) is 0 Å². The predicted octanol–water partition coefficient (Wildman–Crippen LogP) is 3.47. The smallest absolute Gasteiger partial charge is 0.173 e. The average Bonchev–Trinajstić information content (AvgIpc) is 3.40. The molecule has 2 atom stereocenters. The molecule has 0 bridgehead atoms. The molecule has 0 amide bonds. The van der Waals surface area contributed by atoms with Gasteiger partial charge >= 0.3 is 0 Å². The normalized spacial score (nSPS) is 17.6. The van der Waals surface area contributed by atoms with Crippen LogP contribution in [0.4, 0.5) is 14.6 Å². The summed E-state index contributed by atoms with van der Waals surface area (Å²) < 4.78 is 34.8. The number of hydrogen-bond donors (Lipinski definition) is 1. The van der Waals surface area contributed by atoms with Gasteiger partial charge in [0, 0.05) is 36.0 Å². The number of anilines is 1. The van der Waals surface area contributed by atoms with Gasteiger partial charge in [0.15, 0.2) is 17.4 Å². The molecule has 0 spiro atoms. The molecule has 152 valence electrons. The number of nitrogens with zero attached hydrogens (tertiary/aromatic N) is 5. The highest BCUT2D eigenvalue weighted by Crippen LogP contribution is 2.35. The summed E-state index contributed by atoms with van der Waals surface area (Å²) in [5.74, 6) is -0.753. The number of rotatable bonds is 6. The summed E-state index contributed by atoms with van der Waals surface area (Å²) in [6.07, 6.45) is 1.22. The highest BCUT2D eigenvalue weighted by molar-refractivity contribution is 8.14. The van der Waals surface area contributed by atoms with E-state index in [1.54, 1.807) is 24.4 Å². The Hall–Kier alpha value is -2.34. The number of halogens is 2. The molecule has 0 saturated carbocycles. The fraction of sp³-hybridized carbons (Fsp3) is 0.278. The molecule has 0 aliphatic carbocycles. The maximum absolute atomic E-state index is 13.9. The number of hydrogen-bond acceptors (Lipinski definition) is 8. The molecular weight excluding hydrogens is 418 g/mol. The van der Waals surface area contributed by atoms with Gasteiger partial charge in [0.2, 0.25) is 0 Å². The molecular formula is C18H18F2N6OS2. The first-order valence-corrected chi connectivity index (χ1v) is 10.4. The van der Waals surface area contributed by atoms with Crippen LogP contribution in [0.1, 0.15) is 22.4 Å². The van der Waals surface area contributed by atoms with Crippen LogP contribution >= 0.6 is 23.1 Å². The predicted molar refractivity (Wildman–Crippen MR) is 110 cm³/mol.